The number of carbonyl (C=O) groups excluding carboxylic acids is 2. The molecule has 1 fully saturated rings. The third-order valence-corrected chi connectivity index (χ3v) is 4.88. The van der Waals surface area contributed by atoms with Gasteiger partial charge in [-0.2, -0.15) is 10.1 Å². The van der Waals surface area contributed by atoms with Crippen molar-refractivity contribution in [2.24, 2.45) is 0 Å². The lowest BCUT2D eigenvalue weighted by Crippen LogP contribution is -2.36. The van der Waals surface area contributed by atoms with E-state index in [0.717, 1.165) is 24.2 Å². The Labute approximate surface area is 158 Å². The number of nitrogens with one attached hydrogen (secondary N) is 1. The van der Waals surface area contributed by atoms with Crippen LogP contribution in [0, 0.1) is 13.8 Å². The first-order valence-electron chi connectivity index (χ1n) is 9.28. The van der Waals surface area contributed by atoms with Crippen molar-refractivity contribution in [1.29, 1.82) is 0 Å². The summed E-state index contributed by atoms with van der Waals surface area (Å²) in [6, 6.07) is 1.98. The highest BCUT2D eigenvalue weighted by Gasteiger charge is 2.25. The quantitative estimate of drug-likeness (QED) is 0.817. The zero-order chi connectivity index (χ0) is 19.4. The summed E-state index contributed by atoms with van der Waals surface area (Å²) in [6.45, 7) is 7.67. The second-order valence-corrected chi connectivity index (χ2v) is 7.00. The normalized spacial score (nSPS) is 15.1. The SMILES string of the molecule is CC(=O)N1CCC(c2noc(CNC(=O)CCn3nc(C)cc3C)n2)CC1. The molecular weight excluding hydrogens is 348 g/mol. The van der Waals surface area contributed by atoms with Gasteiger partial charge in [-0.1, -0.05) is 5.16 Å². The van der Waals surface area contributed by atoms with E-state index in [1.54, 1.807) is 6.92 Å². The molecule has 27 heavy (non-hydrogen) atoms. The molecule has 0 aromatic carbocycles. The lowest BCUT2D eigenvalue weighted by atomic mass is 9.96. The van der Waals surface area contributed by atoms with E-state index in [9.17, 15) is 9.59 Å². The maximum Gasteiger partial charge on any atom is 0.246 e. The molecule has 0 unspecified atom stereocenters. The molecular formula is C18H26N6O3. The van der Waals surface area contributed by atoms with Gasteiger partial charge in [0.2, 0.25) is 17.7 Å². The topological polar surface area (TPSA) is 106 Å². The van der Waals surface area contributed by atoms with E-state index >= 15 is 0 Å². The Morgan fingerprint density at radius 2 is 2.04 bits per heavy atom. The molecule has 0 saturated carbocycles. The molecule has 0 atom stereocenters. The van der Waals surface area contributed by atoms with Gasteiger partial charge in [0, 0.05) is 44.6 Å². The van der Waals surface area contributed by atoms with Crippen molar-refractivity contribution >= 4 is 11.8 Å². The Morgan fingerprint density at radius 3 is 2.67 bits per heavy atom. The molecule has 1 saturated heterocycles. The summed E-state index contributed by atoms with van der Waals surface area (Å²) in [7, 11) is 0. The van der Waals surface area contributed by atoms with Crippen LogP contribution in [0.5, 0.6) is 0 Å². The zero-order valence-corrected chi connectivity index (χ0v) is 16.1. The molecule has 3 rings (SSSR count). The van der Waals surface area contributed by atoms with Crippen LogP contribution in [0.4, 0.5) is 0 Å². The van der Waals surface area contributed by atoms with Crippen LogP contribution < -0.4 is 5.32 Å². The van der Waals surface area contributed by atoms with Crippen molar-refractivity contribution in [3.05, 3.63) is 29.2 Å². The Morgan fingerprint density at radius 1 is 1.30 bits per heavy atom. The van der Waals surface area contributed by atoms with Gasteiger partial charge in [0.25, 0.3) is 0 Å². The number of hydrogen-bond acceptors (Lipinski definition) is 6. The number of piperidine rings is 1. The summed E-state index contributed by atoms with van der Waals surface area (Å²) < 4.78 is 7.08. The molecule has 9 nitrogen and oxygen atoms in total. The highest BCUT2D eigenvalue weighted by Crippen LogP contribution is 2.25. The van der Waals surface area contributed by atoms with Crippen molar-refractivity contribution in [3.63, 3.8) is 0 Å². The van der Waals surface area contributed by atoms with Crippen molar-refractivity contribution < 1.29 is 14.1 Å². The molecule has 0 bridgehead atoms. The first kappa shape index (κ1) is 19.1. The molecule has 9 heteroatoms. The van der Waals surface area contributed by atoms with E-state index in [-0.39, 0.29) is 24.3 Å². The number of aryl methyl sites for hydroxylation is 3. The second kappa shape index (κ2) is 8.32. The summed E-state index contributed by atoms with van der Waals surface area (Å²) in [5, 5.41) is 11.2. The van der Waals surface area contributed by atoms with Crippen LogP contribution in [0.1, 0.15) is 55.2 Å². The highest BCUT2D eigenvalue weighted by molar-refractivity contribution is 5.75. The van der Waals surface area contributed by atoms with Crippen molar-refractivity contribution in [2.45, 2.75) is 59.0 Å². The number of aromatic nitrogens is 4. The first-order chi connectivity index (χ1) is 12.9. The van der Waals surface area contributed by atoms with Crippen molar-refractivity contribution in [2.75, 3.05) is 13.1 Å². The van der Waals surface area contributed by atoms with E-state index in [1.807, 2.05) is 29.5 Å². The van der Waals surface area contributed by atoms with Crippen LogP contribution in [0.25, 0.3) is 0 Å². The smallest absolute Gasteiger partial charge is 0.246 e. The lowest BCUT2D eigenvalue weighted by Gasteiger charge is -2.29. The van der Waals surface area contributed by atoms with Crippen LogP contribution in [-0.2, 0) is 22.7 Å². The van der Waals surface area contributed by atoms with Crippen molar-refractivity contribution in [1.82, 2.24) is 30.1 Å². The van der Waals surface area contributed by atoms with Gasteiger partial charge in [-0.05, 0) is 32.8 Å². The van der Waals surface area contributed by atoms with Crippen LogP contribution in [0.2, 0.25) is 0 Å². The minimum absolute atomic E-state index is 0.0860. The summed E-state index contributed by atoms with van der Waals surface area (Å²) in [6.07, 6.45) is 1.99. The fourth-order valence-corrected chi connectivity index (χ4v) is 3.33. The van der Waals surface area contributed by atoms with Crippen LogP contribution in [0.3, 0.4) is 0 Å². The molecule has 146 valence electrons. The summed E-state index contributed by atoms with van der Waals surface area (Å²) in [5.74, 6) is 1.27. The van der Waals surface area contributed by atoms with E-state index in [0.29, 0.717) is 37.8 Å². The van der Waals surface area contributed by atoms with Gasteiger partial charge in [-0.15, -0.1) is 0 Å². The van der Waals surface area contributed by atoms with E-state index in [1.165, 1.54) is 0 Å². The van der Waals surface area contributed by atoms with Gasteiger partial charge >= 0.3 is 0 Å². The largest absolute Gasteiger partial charge is 0.347 e. The molecule has 2 amide bonds. The number of hydrogen-bond donors (Lipinski definition) is 1. The van der Waals surface area contributed by atoms with Gasteiger partial charge in [-0.3, -0.25) is 14.3 Å². The fourth-order valence-electron chi connectivity index (χ4n) is 3.33. The Bertz CT molecular complexity index is 804. The number of amides is 2. The first-order valence-corrected chi connectivity index (χ1v) is 9.28. The van der Waals surface area contributed by atoms with Gasteiger partial charge in [-0.25, -0.2) is 0 Å². The predicted molar refractivity (Wildman–Crippen MR) is 96.7 cm³/mol. The molecule has 0 aliphatic carbocycles. The number of nitrogens with zero attached hydrogens (tertiary/aromatic N) is 5. The molecule has 2 aromatic heterocycles. The average molecular weight is 374 g/mol. The number of rotatable bonds is 6. The zero-order valence-electron chi connectivity index (χ0n) is 16.1. The van der Waals surface area contributed by atoms with Gasteiger partial charge in [0.05, 0.1) is 12.2 Å². The third-order valence-electron chi connectivity index (χ3n) is 4.88. The highest BCUT2D eigenvalue weighted by atomic mass is 16.5. The molecule has 3 heterocycles. The second-order valence-electron chi connectivity index (χ2n) is 7.00. The fraction of sp³-hybridized carbons (Fsp3) is 0.611. The van der Waals surface area contributed by atoms with Crippen LogP contribution in [0.15, 0.2) is 10.6 Å². The van der Waals surface area contributed by atoms with Gasteiger partial charge in [0.15, 0.2) is 5.82 Å². The molecule has 2 aromatic rings. The standard InChI is InChI=1S/C18H26N6O3/c1-12-10-13(2)24(21-12)9-6-16(26)19-11-17-20-18(22-27-17)15-4-7-23(8-5-15)14(3)25/h10,15H,4-9,11H2,1-3H3,(H,19,26). The molecule has 0 spiro atoms. The van der Waals surface area contributed by atoms with E-state index in [2.05, 4.69) is 20.6 Å². The monoisotopic (exact) mass is 374 g/mol. The Hall–Kier alpha value is -2.71. The average Bonchev–Trinajstić information content (AvgIpc) is 3.24. The van der Waals surface area contributed by atoms with Gasteiger partial charge < -0.3 is 14.7 Å². The maximum absolute atomic E-state index is 12.0. The van der Waals surface area contributed by atoms with Crippen molar-refractivity contribution in [3.8, 4) is 0 Å². The van der Waals surface area contributed by atoms with Gasteiger partial charge in [0.1, 0.15) is 0 Å². The molecule has 0 radical (unpaired) electrons. The van der Waals surface area contributed by atoms with E-state index < -0.39 is 0 Å². The Balaban J connectivity index is 1.43. The van der Waals surface area contributed by atoms with Crippen LogP contribution >= 0.6 is 0 Å². The number of carbonyl (C=O) groups is 2. The van der Waals surface area contributed by atoms with Crippen LogP contribution in [-0.4, -0.2) is 49.7 Å². The summed E-state index contributed by atoms with van der Waals surface area (Å²) >= 11 is 0. The minimum atomic E-state index is -0.0860. The summed E-state index contributed by atoms with van der Waals surface area (Å²) in [5.41, 5.74) is 1.98. The number of likely N-dealkylation sites (tertiary alicyclic amines) is 1. The predicted octanol–water partition coefficient (Wildman–Crippen LogP) is 1.32. The van der Waals surface area contributed by atoms with E-state index in [4.69, 9.17) is 4.52 Å². The molecule has 1 aliphatic heterocycles. The third kappa shape index (κ3) is 4.93. The minimum Gasteiger partial charge on any atom is -0.347 e. The molecule has 1 aliphatic rings. The summed E-state index contributed by atoms with van der Waals surface area (Å²) in [4.78, 5) is 29.7. The Kier molecular flexibility index (Phi) is 5.88. The molecule has 1 N–H and O–H groups in total. The maximum atomic E-state index is 12.0. The lowest BCUT2D eigenvalue weighted by molar-refractivity contribution is -0.129.